The highest BCUT2D eigenvalue weighted by atomic mass is 32.2. The first kappa shape index (κ1) is 16.2. The summed E-state index contributed by atoms with van der Waals surface area (Å²) in [6.45, 7) is 1.56. The zero-order valence-electron chi connectivity index (χ0n) is 13.8. The molecule has 1 unspecified atom stereocenters. The zero-order chi connectivity index (χ0) is 17.4. The summed E-state index contributed by atoms with van der Waals surface area (Å²) in [5, 5.41) is 4.77. The van der Waals surface area contributed by atoms with Gasteiger partial charge in [-0.1, -0.05) is 12.1 Å². The number of aryl methyl sites for hydroxylation is 1. The lowest BCUT2D eigenvalue weighted by Gasteiger charge is -2.34. The van der Waals surface area contributed by atoms with E-state index in [1.54, 1.807) is 41.1 Å². The summed E-state index contributed by atoms with van der Waals surface area (Å²) in [6.07, 6.45) is 6.83. The number of rotatable bonds is 3. The number of nitrogens with one attached hydrogen (secondary N) is 1. The Morgan fingerprint density at radius 2 is 2.12 bits per heavy atom. The largest absolute Gasteiger partial charge is 0.337 e. The van der Waals surface area contributed by atoms with Gasteiger partial charge in [-0.05, 0) is 12.1 Å². The van der Waals surface area contributed by atoms with Gasteiger partial charge in [0.25, 0.3) is 0 Å². The Morgan fingerprint density at radius 1 is 1.24 bits per heavy atom. The quantitative estimate of drug-likeness (QED) is 0.764. The van der Waals surface area contributed by atoms with Crippen LogP contribution in [0.2, 0.25) is 0 Å². The third-order valence-electron chi connectivity index (χ3n) is 4.58. The van der Waals surface area contributed by atoms with Gasteiger partial charge in [0.15, 0.2) is 0 Å². The van der Waals surface area contributed by atoms with E-state index >= 15 is 0 Å². The van der Waals surface area contributed by atoms with Gasteiger partial charge in [-0.25, -0.2) is 13.4 Å². The van der Waals surface area contributed by atoms with Gasteiger partial charge >= 0.3 is 0 Å². The molecule has 1 fully saturated rings. The van der Waals surface area contributed by atoms with Gasteiger partial charge < -0.3 is 9.88 Å². The second kappa shape index (κ2) is 6.21. The van der Waals surface area contributed by atoms with Crippen LogP contribution in [-0.4, -0.2) is 46.9 Å². The average molecular weight is 357 g/mol. The molecule has 0 radical (unpaired) electrons. The molecule has 3 heterocycles. The average Bonchev–Trinajstić information content (AvgIpc) is 3.07. The Balaban J connectivity index is 1.84. The molecule has 0 amide bonds. The highest BCUT2D eigenvalue weighted by Gasteiger charge is 2.37. The number of fused-ring (bicyclic) bond motifs is 1. The predicted octanol–water partition coefficient (Wildman–Crippen LogP) is 1.30. The van der Waals surface area contributed by atoms with E-state index in [-0.39, 0.29) is 6.04 Å². The molecular weight excluding hydrogens is 338 g/mol. The van der Waals surface area contributed by atoms with Crippen LogP contribution in [-0.2, 0) is 17.1 Å². The van der Waals surface area contributed by atoms with Crippen molar-refractivity contribution in [1.82, 2.24) is 24.2 Å². The lowest BCUT2D eigenvalue weighted by Crippen LogP contribution is -2.49. The fraction of sp³-hybridized carbons (Fsp3) is 0.294. The van der Waals surface area contributed by atoms with Crippen molar-refractivity contribution in [2.45, 2.75) is 10.9 Å². The highest BCUT2D eigenvalue weighted by Crippen LogP contribution is 2.31. The van der Waals surface area contributed by atoms with Gasteiger partial charge in [0.05, 0.1) is 10.9 Å². The summed E-state index contributed by atoms with van der Waals surface area (Å²) in [7, 11) is -1.79. The maximum absolute atomic E-state index is 13.5. The van der Waals surface area contributed by atoms with Crippen LogP contribution in [0.25, 0.3) is 10.8 Å². The lowest BCUT2D eigenvalue weighted by atomic mass is 10.2. The van der Waals surface area contributed by atoms with Gasteiger partial charge in [-0.15, -0.1) is 0 Å². The van der Waals surface area contributed by atoms with Gasteiger partial charge in [0.1, 0.15) is 5.82 Å². The Labute approximate surface area is 146 Å². The second-order valence-corrected chi connectivity index (χ2v) is 7.94. The van der Waals surface area contributed by atoms with Crippen molar-refractivity contribution in [3.63, 3.8) is 0 Å². The molecule has 0 bridgehead atoms. The molecule has 25 heavy (non-hydrogen) atoms. The molecule has 4 rings (SSSR count). The third-order valence-corrected chi connectivity index (χ3v) is 6.54. The number of aromatic nitrogens is 3. The molecule has 1 atom stereocenters. The van der Waals surface area contributed by atoms with Gasteiger partial charge in [-0.3, -0.25) is 4.98 Å². The number of sulfonamides is 1. The highest BCUT2D eigenvalue weighted by molar-refractivity contribution is 7.89. The lowest BCUT2D eigenvalue weighted by molar-refractivity contribution is 0.258. The molecule has 0 saturated carbocycles. The number of nitrogens with zero attached hydrogens (tertiary/aromatic N) is 4. The van der Waals surface area contributed by atoms with Gasteiger partial charge in [0, 0.05) is 62.2 Å². The van der Waals surface area contributed by atoms with Crippen molar-refractivity contribution in [2.24, 2.45) is 7.05 Å². The SMILES string of the molecule is Cn1ccnc1C1CNCCN1S(=O)(=O)c1cccc2cnccc12. The van der Waals surface area contributed by atoms with E-state index in [2.05, 4.69) is 15.3 Å². The van der Waals surface area contributed by atoms with Crippen LogP contribution >= 0.6 is 0 Å². The summed E-state index contributed by atoms with van der Waals surface area (Å²) in [4.78, 5) is 8.76. The molecule has 0 spiro atoms. The molecule has 3 aromatic rings. The van der Waals surface area contributed by atoms with E-state index in [1.807, 2.05) is 23.9 Å². The monoisotopic (exact) mass is 357 g/mol. The number of pyridine rings is 1. The smallest absolute Gasteiger partial charge is 0.244 e. The molecular formula is C17H19N5O2S. The maximum atomic E-state index is 13.5. The molecule has 1 N–H and O–H groups in total. The fourth-order valence-electron chi connectivity index (χ4n) is 3.34. The predicted molar refractivity (Wildman–Crippen MR) is 94.5 cm³/mol. The topological polar surface area (TPSA) is 80.1 Å². The first-order chi connectivity index (χ1) is 12.1. The van der Waals surface area contributed by atoms with E-state index in [0.29, 0.717) is 29.9 Å². The molecule has 1 aliphatic rings. The maximum Gasteiger partial charge on any atom is 0.244 e. The van der Waals surface area contributed by atoms with E-state index < -0.39 is 10.0 Å². The van der Waals surface area contributed by atoms with E-state index in [1.165, 1.54) is 0 Å². The summed E-state index contributed by atoms with van der Waals surface area (Å²) in [5.74, 6) is 0.734. The van der Waals surface area contributed by atoms with Gasteiger partial charge in [0.2, 0.25) is 10.0 Å². The molecule has 2 aromatic heterocycles. The minimum atomic E-state index is -3.67. The molecule has 130 valence electrons. The summed E-state index contributed by atoms with van der Waals surface area (Å²) < 4.78 is 30.3. The summed E-state index contributed by atoms with van der Waals surface area (Å²) in [6, 6.07) is 6.70. The Kier molecular flexibility index (Phi) is 4.03. The van der Waals surface area contributed by atoms with E-state index in [4.69, 9.17) is 0 Å². The van der Waals surface area contributed by atoms with E-state index in [9.17, 15) is 8.42 Å². The summed E-state index contributed by atoms with van der Waals surface area (Å²) >= 11 is 0. The number of benzene rings is 1. The number of piperazine rings is 1. The molecule has 7 nitrogen and oxygen atoms in total. The minimum Gasteiger partial charge on any atom is -0.337 e. The van der Waals surface area contributed by atoms with Crippen LogP contribution in [0.4, 0.5) is 0 Å². The first-order valence-corrected chi connectivity index (χ1v) is 9.55. The zero-order valence-corrected chi connectivity index (χ0v) is 14.6. The number of imidazole rings is 1. The van der Waals surface area contributed by atoms with Crippen LogP contribution in [0.5, 0.6) is 0 Å². The van der Waals surface area contributed by atoms with Crippen LogP contribution < -0.4 is 5.32 Å². The summed E-state index contributed by atoms with van der Waals surface area (Å²) in [5.41, 5.74) is 0. The molecule has 1 aliphatic heterocycles. The van der Waals surface area contributed by atoms with Crippen molar-refractivity contribution in [1.29, 1.82) is 0 Å². The van der Waals surface area contributed by atoms with Crippen molar-refractivity contribution in [3.05, 3.63) is 54.9 Å². The Hall–Kier alpha value is -2.29. The van der Waals surface area contributed by atoms with Gasteiger partial charge in [-0.2, -0.15) is 4.31 Å². The molecule has 1 saturated heterocycles. The van der Waals surface area contributed by atoms with Crippen LogP contribution in [0.1, 0.15) is 11.9 Å². The van der Waals surface area contributed by atoms with Crippen LogP contribution in [0, 0.1) is 0 Å². The minimum absolute atomic E-state index is 0.313. The molecule has 8 heteroatoms. The fourth-order valence-corrected chi connectivity index (χ4v) is 5.14. The first-order valence-electron chi connectivity index (χ1n) is 8.11. The van der Waals surface area contributed by atoms with Crippen molar-refractivity contribution in [2.75, 3.05) is 19.6 Å². The molecule has 0 aliphatic carbocycles. The number of hydrogen-bond donors (Lipinski definition) is 1. The van der Waals surface area contributed by atoms with Crippen molar-refractivity contribution in [3.8, 4) is 0 Å². The second-order valence-electron chi connectivity index (χ2n) is 6.08. The van der Waals surface area contributed by atoms with Crippen molar-refractivity contribution < 1.29 is 8.42 Å². The van der Waals surface area contributed by atoms with Crippen LogP contribution in [0.15, 0.2) is 53.9 Å². The van der Waals surface area contributed by atoms with Crippen molar-refractivity contribution >= 4 is 20.8 Å². The Bertz CT molecular complexity index is 1010. The number of hydrogen-bond acceptors (Lipinski definition) is 5. The van der Waals surface area contributed by atoms with Crippen LogP contribution in [0.3, 0.4) is 0 Å². The normalized spacial score (nSPS) is 19.3. The third kappa shape index (κ3) is 2.72. The standard InChI is InChI=1S/C17H19N5O2S/c1-21-9-8-20-17(21)15-12-19-7-10-22(15)25(23,24)16-4-2-3-13-11-18-6-5-14(13)16/h2-6,8-9,11,15,19H,7,10,12H2,1H3. The molecule has 1 aromatic carbocycles. The Morgan fingerprint density at radius 3 is 2.92 bits per heavy atom. The van der Waals surface area contributed by atoms with E-state index in [0.717, 1.165) is 11.2 Å².